The standard InChI is InChI=1S/C21H19ClN2O2/c1-26-19-5-3-2-4-16(19)13-24(17-8-9-17)21(25)15-6-10-18-14(12-15)7-11-20(22)23-18/h2-7,10-12,17H,8-9,13H2,1H3. The highest BCUT2D eigenvalue weighted by Crippen LogP contribution is 2.32. The van der Waals surface area contributed by atoms with E-state index in [9.17, 15) is 4.79 Å². The fraction of sp³-hybridized carbons (Fsp3) is 0.238. The van der Waals surface area contributed by atoms with Crippen LogP contribution in [0.3, 0.4) is 0 Å². The lowest BCUT2D eigenvalue weighted by atomic mass is 10.1. The Kier molecular flexibility index (Phi) is 4.51. The zero-order valence-corrected chi connectivity index (χ0v) is 15.2. The molecule has 0 N–H and O–H groups in total. The molecule has 0 saturated heterocycles. The van der Waals surface area contributed by atoms with Crippen molar-refractivity contribution >= 4 is 28.4 Å². The van der Waals surface area contributed by atoms with E-state index in [4.69, 9.17) is 16.3 Å². The third-order valence-electron chi connectivity index (χ3n) is 4.68. The quantitative estimate of drug-likeness (QED) is 0.614. The van der Waals surface area contributed by atoms with Crippen molar-refractivity contribution in [3.63, 3.8) is 0 Å². The van der Waals surface area contributed by atoms with E-state index in [0.29, 0.717) is 23.3 Å². The van der Waals surface area contributed by atoms with E-state index in [0.717, 1.165) is 35.1 Å². The van der Waals surface area contributed by atoms with Crippen LogP contribution in [0.2, 0.25) is 5.15 Å². The molecule has 1 aliphatic rings. The van der Waals surface area contributed by atoms with Crippen LogP contribution in [0, 0.1) is 0 Å². The largest absolute Gasteiger partial charge is 0.496 e. The van der Waals surface area contributed by atoms with Crippen LogP contribution < -0.4 is 4.74 Å². The van der Waals surface area contributed by atoms with Gasteiger partial charge >= 0.3 is 0 Å². The van der Waals surface area contributed by atoms with Crippen molar-refractivity contribution in [2.45, 2.75) is 25.4 Å². The van der Waals surface area contributed by atoms with Crippen molar-refractivity contribution in [3.05, 3.63) is 70.9 Å². The zero-order chi connectivity index (χ0) is 18.1. The Morgan fingerprint density at radius 2 is 2.00 bits per heavy atom. The first-order valence-corrected chi connectivity index (χ1v) is 9.02. The van der Waals surface area contributed by atoms with Gasteiger partial charge in [0.05, 0.1) is 12.6 Å². The second-order valence-corrected chi connectivity index (χ2v) is 6.90. The smallest absolute Gasteiger partial charge is 0.254 e. The van der Waals surface area contributed by atoms with Crippen LogP contribution in [-0.2, 0) is 6.54 Å². The first-order valence-electron chi connectivity index (χ1n) is 8.65. The highest BCUT2D eigenvalue weighted by atomic mass is 35.5. The van der Waals surface area contributed by atoms with Gasteiger partial charge in [-0.2, -0.15) is 0 Å². The van der Waals surface area contributed by atoms with Crippen molar-refractivity contribution < 1.29 is 9.53 Å². The molecule has 0 atom stereocenters. The van der Waals surface area contributed by atoms with Crippen LogP contribution in [0.15, 0.2) is 54.6 Å². The molecule has 1 amide bonds. The number of benzene rings is 2. The molecule has 0 aliphatic heterocycles. The highest BCUT2D eigenvalue weighted by Gasteiger charge is 2.33. The lowest BCUT2D eigenvalue weighted by Gasteiger charge is -2.24. The number of para-hydroxylation sites is 1. The lowest BCUT2D eigenvalue weighted by molar-refractivity contribution is 0.0729. The Hall–Kier alpha value is -2.59. The molecular weight excluding hydrogens is 348 g/mol. The number of hydrogen-bond donors (Lipinski definition) is 0. The number of carbonyl (C=O) groups excluding carboxylic acids is 1. The summed E-state index contributed by atoms with van der Waals surface area (Å²) in [5.41, 5.74) is 2.48. The average Bonchev–Trinajstić information content (AvgIpc) is 3.50. The molecule has 0 radical (unpaired) electrons. The average molecular weight is 367 g/mol. The fourth-order valence-electron chi connectivity index (χ4n) is 3.17. The maximum atomic E-state index is 13.2. The first-order chi connectivity index (χ1) is 12.7. The third-order valence-corrected chi connectivity index (χ3v) is 4.89. The van der Waals surface area contributed by atoms with Gasteiger partial charge in [0.2, 0.25) is 0 Å². The fourth-order valence-corrected chi connectivity index (χ4v) is 3.32. The van der Waals surface area contributed by atoms with Crippen molar-refractivity contribution in [3.8, 4) is 5.75 Å². The number of nitrogens with zero attached hydrogens (tertiary/aromatic N) is 2. The Morgan fingerprint density at radius 1 is 1.19 bits per heavy atom. The number of aromatic nitrogens is 1. The van der Waals surface area contributed by atoms with E-state index >= 15 is 0 Å². The van der Waals surface area contributed by atoms with Crippen LogP contribution in [-0.4, -0.2) is 28.9 Å². The van der Waals surface area contributed by atoms with Crippen molar-refractivity contribution in [2.75, 3.05) is 7.11 Å². The molecule has 26 heavy (non-hydrogen) atoms. The summed E-state index contributed by atoms with van der Waals surface area (Å²) in [6.45, 7) is 0.546. The van der Waals surface area contributed by atoms with E-state index in [2.05, 4.69) is 4.98 Å². The molecule has 2 aromatic carbocycles. The number of methoxy groups -OCH3 is 1. The minimum absolute atomic E-state index is 0.0373. The SMILES string of the molecule is COc1ccccc1CN(C(=O)c1ccc2nc(Cl)ccc2c1)C1CC1. The number of amides is 1. The van der Waals surface area contributed by atoms with E-state index < -0.39 is 0 Å². The Bertz CT molecular complexity index is 969. The van der Waals surface area contributed by atoms with Gasteiger partial charge in [0.1, 0.15) is 10.9 Å². The second-order valence-electron chi connectivity index (χ2n) is 6.52. The normalized spacial score (nSPS) is 13.6. The highest BCUT2D eigenvalue weighted by molar-refractivity contribution is 6.29. The number of rotatable bonds is 5. The van der Waals surface area contributed by atoms with Crippen molar-refractivity contribution in [2.24, 2.45) is 0 Å². The second kappa shape index (κ2) is 6.96. The van der Waals surface area contributed by atoms with Crippen LogP contribution in [0.1, 0.15) is 28.8 Å². The molecule has 5 heteroatoms. The van der Waals surface area contributed by atoms with Crippen LogP contribution in [0.4, 0.5) is 0 Å². The molecule has 132 valence electrons. The summed E-state index contributed by atoms with van der Waals surface area (Å²) in [5, 5.41) is 1.36. The third kappa shape index (κ3) is 3.37. The number of fused-ring (bicyclic) bond motifs is 1. The minimum atomic E-state index is 0.0373. The summed E-state index contributed by atoms with van der Waals surface area (Å²) in [5.74, 6) is 0.846. The minimum Gasteiger partial charge on any atom is -0.496 e. The van der Waals surface area contributed by atoms with Gasteiger partial charge < -0.3 is 9.64 Å². The maximum Gasteiger partial charge on any atom is 0.254 e. The molecule has 0 spiro atoms. The Balaban J connectivity index is 1.64. The number of pyridine rings is 1. The predicted molar refractivity (Wildman–Crippen MR) is 103 cm³/mol. The number of ether oxygens (including phenoxy) is 1. The number of halogens is 1. The lowest BCUT2D eigenvalue weighted by Crippen LogP contribution is -2.32. The van der Waals surface area contributed by atoms with Crippen LogP contribution >= 0.6 is 11.6 Å². The molecule has 4 rings (SSSR count). The topological polar surface area (TPSA) is 42.4 Å². The van der Waals surface area contributed by atoms with Gasteiger partial charge in [0, 0.05) is 29.1 Å². The van der Waals surface area contributed by atoms with Gasteiger partial charge in [-0.15, -0.1) is 0 Å². The summed E-state index contributed by atoms with van der Waals surface area (Å²) in [4.78, 5) is 19.4. The molecule has 0 unspecified atom stereocenters. The van der Waals surface area contributed by atoms with Gasteiger partial charge in [0.25, 0.3) is 5.91 Å². The van der Waals surface area contributed by atoms with Crippen molar-refractivity contribution in [1.82, 2.24) is 9.88 Å². The summed E-state index contributed by atoms with van der Waals surface area (Å²) in [7, 11) is 1.66. The number of hydrogen-bond acceptors (Lipinski definition) is 3. The molecule has 1 heterocycles. The Morgan fingerprint density at radius 3 is 2.77 bits per heavy atom. The van der Waals surface area contributed by atoms with Crippen LogP contribution in [0.5, 0.6) is 5.75 Å². The van der Waals surface area contributed by atoms with E-state index in [1.807, 2.05) is 53.4 Å². The van der Waals surface area contributed by atoms with Gasteiger partial charge in [0.15, 0.2) is 0 Å². The molecule has 1 aromatic heterocycles. The number of carbonyl (C=O) groups is 1. The maximum absolute atomic E-state index is 13.2. The molecule has 3 aromatic rings. The van der Waals surface area contributed by atoms with E-state index in [1.54, 1.807) is 13.2 Å². The summed E-state index contributed by atoms with van der Waals surface area (Å²) >= 11 is 5.94. The first kappa shape index (κ1) is 16.9. The monoisotopic (exact) mass is 366 g/mol. The summed E-state index contributed by atoms with van der Waals surface area (Å²) in [6.07, 6.45) is 2.09. The Labute approximate surface area is 157 Å². The van der Waals surface area contributed by atoms with Gasteiger partial charge in [-0.3, -0.25) is 4.79 Å². The van der Waals surface area contributed by atoms with Crippen LogP contribution in [0.25, 0.3) is 10.9 Å². The molecule has 4 nitrogen and oxygen atoms in total. The van der Waals surface area contributed by atoms with E-state index in [1.165, 1.54) is 0 Å². The molecular formula is C21H19ClN2O2. The summed E-state index contributed by atoms with van der Waals surface area (Å²) < 4.78 is 5.44. The van der Waals surface area contributed by atoms with Gasteiger partial charge in [-0.25, -0.2) is 4.98 Å². The van der Waals surface area contributed by atoms with E-state index in [-0.39, 0.29) is 5.91 Å². The van der Waals surface area contributed by atoms with Crippen molar-refractivity contribution in [1.29, 1.82) is 0 Å². The molecule has 0 bridgehead atoms. The van der Waals surface area contributed by atoms with Gasteiger partial charge in [-0.05, 0) is 49.2 Å². The molecule has 1 aliphatic carbocycles. The molecule has 1 fully saturated rings. The van der Waals surface area contributed by atoms with Gasteiger partial charge in [-0.1, -0.05) is 29.8 Å². The zero-order valence-electron chi connectivity index (χ0n) is 14.5. The molecule has 1 saturated carbocycles. The predicted octanol–water partition coefficient (Wildman–Crippen LogP) is 4.70. The summed E-state index contributed by atoms with van der Waals surface area (Å²) in [6, 6.07) is 17.3.